The van der Waals surface area contributed by atoms with Crippen LogP contribution in [0, 0.1) is 0 Å². The first kappa shape index (κ1) is 9.08. The van der Waals surface area contributed by atoms with Crippen molar-refractivity contribution in [3.05, 3.63) is 29.3 Å². The Morgan fingerprint density at radius 1 is 1.50 bits per heavy atom. The number of fused-ring (bicyclic) bond motifs is 1. The van der Waals surface area contributed by atoms with Crippen molar-refractivity contribution < 1.29 is 19.4 Å². The molecule has 1 aromatic carbocycles. The Bertz CT molecular complexity index is 399. The SMILES string of the molecule is O=C(O)c1cccc2c1SCOC2=O. The molecular formula is C9H6O4S. The predicted octanol–water partition coefficient (Wildman–Crippen LogP) is 1.60. The number of hydrogen-bond donors (Lipinski definition) is 1. The second-order valence-corrected chi connectivity index (χ2v) is 3.61. The number of aromatic carboxylic acids is 1. The lowest BCUT2D eigenvalue weighted by molar-refractivity contribution is 0.0566. The van der Waals surface area contributed by atoms with Crippen molar-refractivity contribution in [2.24, 2.45) is 0 Å². The molecule has 1 aliphatic heterocycles. The van der Waals surface area contributed by atoms with Gasteiger partial charge in [-0.2, -0.15) is 0 Å². The molecule has 2 rings (SSSR count). The molecule has 4 nitrogen and oxygen atoms in total. The number of carbonyl (C=O) groups excluding carboxylic acids is 1. The van der Waals surface area contributed by atoms with E-state index in [2.05, 4.69) is 0 Å². The van der Waals surface area contributed by atoms with Crippen LogP contribution in [0.1, 0.15) is 20.7 Å². The summed E-state index contributed by atoms with van der Waals surface area (Å²) in [5.74, 6) is -1.30. The van der Waals surface area contributed by atoms with Gasteiger partial charge in [-0.3, -0.25) is 0 Å². The second kappa shape index (κ2) is 3.34. The van der Waals surface area contributed by atoms with Gasteiger partial charge in [0, 0.05) is 4.90 Å². The van der Waals surface area contributed by atoms with Crippen LogP contribution in [0.3, 0.4) is 0 Å². The van der Waals surface area contributed by atoms with Crippen LogP contribution >= 0.6 is 11.8 Å². The summed E-state index contributed by atoms with van der Waals surface area (Å²) in [6.07, 6.45) is 0. The normalized spacial score (nSPS) is 14.4. The van der Waals surface area contributed by atoms with Crippen molar-refractivity contribution in [2.75, 3.05) is 5.94 Å². The Morgan fingerprint density at radius 3 is 3.00 bits per heavy atom. The largest absolute Gasteiger partial charge is 0.478 e. The summed E-state index contributed by atoms with van der Waals surface area (Å²) < 4.78 is 4.77. The highest BCUT2D eigenvalue weighted by Crippen LogP contribution is 2.31. The Morgan fingerprint density at radius 2 is 2.29 bits per heavy atom. The quantitative estimate of drug-likeness (QED) is 0.713. The minimum absolute atomic E-state index is 0.157. The fourth-order valence-corrected chi connectivity index (χ4v) is 2.14. The molecule has 0 aromatic heterocycles. The molecule has 0 fully saturated rings. The highest BCUT2D eigenvalue weighted by Gasteiger charge is 2.23. The van der Waals surface area contributed by atoms with Crippen molar-refractivity contribution >= 4 is 23.7 Å². The molecule has 0 spiro atoms. The molecule has 0 atom stereocenters. The van der Waals surface area contributed by atoms with Gasteiger partial charge in [0.2, 0.25) is 0 Å². The summed E-state index contributed by atoms with van der Waals surface area (Å²) in [6.45, 7) is 0. The summed E-state index contributed by atoms with van der Waals surface area (Å²) in [5.41, 5.74) is 0.491. The van der Waals surface area contributed by atoms with E-state index in [1.807, 2.05) is 0 Å². The average Bonchev–Trinajstić information content (AvgIpc) is 2.17. The van der Waals surface area contributed by atoms with Gasteiger partial charge in [0.1, 0.15) is 5.94 Å². The van der Waals surface area contributed by atoms with Gasteiger partial charge in [-0.05, 0) is 12.1 Å². The third kappa shape index (κ3) is 1.35. The van der Waals surface area contributed by atoms with Crippen LogP contribution in [0.4, 0.5) is 0 Å². The van der Waals surface area contributed by atoms with Gasteiger partial charge < -0.3 is 9.84 Å². The van der Waals surface area contributed by atoms with Crippen molar-refractivity contribution in [1.29, 1.82) is 0 Å². The smallest absolute Gasteiger partial charge is 0.340 e. The fraction of sp³-hybridized carbons (Fsp3) is 0.111. The molecule has 0 aliphatic carbocycles. The Balaban J connectivity index is 2.60. The Kier molecular flexibility index (Phi) is 2.17. The number of carbonyl (C=O) groups is 2. The van der Waals surface area contributed by atoms with E-state index in [0.29, 0.717) is 10.5 Å². The molecule has 0 saturated carbocycles. The maximum Gasteiger partial charge on any atom is 0.340 e. The minimum atomic E-state index is -1.02. The van der Waals surface area contributed by atoms with Gasteiger partial charge in [-0.1, -0.05) is 17.8 Å². The number of carboxylic acid groups (broad SMARTS) is 1. The maximum absolute atomic E-state index is 11.2. The third-order valence-electron chi connectivity index (χ3n) is 1.86. The number of ether oxygens (including phenoxy) is 1. The standard InChI is InChI=1S/C9H6O4S/c10-8(11)5-2-1-3-6-7(5)14-4-13-9(6)12/h1-3H,4H2,(H,10,11). The van der Waals surface area contributed by atoms with E-state index in [-0.39, 0.29) is 11.5 Å². The summed E-state index contributed by atoms with van der Waals surface area (Å²) >= 11 is 1.22. The molecule has 1 aromatic rings. The molecule has 1 heterocycles. The van der Waals surface area contributed by atoms with Gasteiger partial charge in [0.15, 0.2) is 0 Å². The molecule has 0 amide bonds. The van der Waals surface area contributed by atoms with Gasteiger partial charge in [0.05, 0.1) is 11.1 Å². The van der Waals surface area contributed by atoms with E-state index < -0.39 is 11.9 Å². The lowest BCUT2D eigenvalue weighted by Gasteiger charge is -2.16. The van der Waals surface area contributed by atoms with Crippen LogP contribution in [-0.2, 0) is 4.74 Å². The van der Waals surface area contributed by atoms with E-state index in [1.165, 1.54) is 23.9 Å². The zero-order chi connectivity index (χ0) is 10.1. The van der Waals surface area contributed by atoms with E-state index in [0.717, 1.165) is 0 Å². The van der Waals surface area contributed by atoms with Gasteiger partial charge in [-0.15, -0.1) is 0 Å². The first-order valence-electron chi connectivity index (χ1n) is 3.86. The van der Waals surface area contributed by atoms with Gasteiger partial charge in [-0.25, -0.2) is 9.59 Å². The lowest BCUT2D eigenvalue weighted by atomic mass is 10.1. The van der Waals surface area contributed by atoms with E-state index in [9.17, 15) is 9.59 Å². The summed E-state index contributed by atoms with van der Waals surface area (Å²) in [6, 6.07) is 4.58. The summed E-state index contributed by atoms with van der Waals surface area (Å²) in [4.78, 5) is 22.5. The number of benzene rings is 1. The number of esters is 1. The number of carboxylic acids is 1. The number of rotatable bonds is 1. The van der Waals surface area contributed by atoms with Crippen LogP contribution in [-0.4, -0.2) is 23.0 Å². The van der Waals surface area contributed by atoms with E-state index in [1.54, 1.807) is 6.07 Å². The Hall–Kier alpha value is -1.49. The van der Waals surface area contributed by atoms with Crippen molar-refractivity contribution in [1.82, 2.24) is 0 Å². The Labute approximate surface area is 83.9 Å². The first-order chi connectivity index (χ1) is 6.70. The molecule has 0 radical (unpaired) electrons. The van der Waals surface area contributed by atoms with Crippen molar-refractivity contribution in [3.8, 4) is 0 Å². The number of thioether (sulfide) groups is 1. The van der Waals surface area contributed by atoms with Crippen LogP contribution in [0.25, 0.3) is 0 Å². The highest BCUT2D eigenvalue weighted by atomic mass is 32.2. The molecule has 1 aliphatic rings. The topological polar surface area (TPSA) is 63.6 Å². The molecule has 0 unspecified atom stereocenters. The molecule has 72 valence electrons. The minimum Gasteiger partial charge on any atom is -0.478 e. The van der Waals surface area contributed by atoms with Crippen molar-refractivity contribution in [3.63, 3.8) is 0 Å². The molecule has 0 bridgehead atoms. The highest BCUT2D eigenvalue weighted by molar-refractivity contribution is 7.99. The summed E-state index contributed by atoms with van der Waals surface area (Å²) in [5, 5.41) is 8.86. The van der Waals surface area contributed by atoms with Crippen LogP contribution < -0.4 is 0 Å². The zero-order valence-electron chi connectivity index (χ0n) is 7.02. The van der Waals surface area contributed by atoms with E-state index >= 15 is 0 Å². The molecular weight excluding hydrogens is 204 g/mol. The maximum atomic E-state index is 11.2. The molecule has 14 heavy (non-hydrogen) atoms. The fourth-order valence-electron chi connectivity index (χ4n) is 1.24. The molecule has 0 saturated heterocycles. The van der Waals surface area contributed by atoms with Crippen LogP contribution in [0.2, 0.25) is 0 Å². The first-order valence-corrected chi connectivity index (χ1v) is 4.85. The monoisotopic (exact) mass is 210 g/mol. The molecule has 5 heteroatoms. The van der Waals surface area contributed by atoms with Gasteiger partial charge >= 0.3 is 11.9 Å². The van der Waals surface area contributed by atoms with E-state index in [4.69, 9.17) is 9.84 Å². The van der Waals surface area contributed by atoms with Crippen LogP contribution in [0.5, 0.6) is 0 Å². The zero-order valence-corrected chi connectivity index (χ0v) is 7.84. The third-order valence-corrected chi connectivity index (χ3v) is 2.82. The van der Waals surface area contributed by atoms with Gasteiger partial charge in [0.25, 0.3) is 0 Å². The van der Waals surface area contributed by atoms with Crippen LogP contribution in [0.15, 0.2) is 23.1 Å². The second-order valence-electron chi connectivity index (χ2n) is 2.68. The van der Waals surface area contributed by atoms with Crippen molar-refractivity contribution in [2.45, 2.75) is 4.90 Å². The molecule has 1 N–H and O–H groups in total. The average molecular weight is 210 g/mol. The number of hydrogen-bond acceptors (Lipinski definition) is 4. The predicted molar refractivity (Wildman–Crippen MR) is 49.5 cm³/mol. The summed E-state index contributed by atoms with van der Waals surface area (Å²) in [7, 11) is 0. The lowest BCUT2D eigenvalue weighted by Crippen LogP contribution is -2.14. The number of cyclic esters (lactones) is 1.